The van der Waals surface area contributed by atoms with Crippen molar-refractivity contribution in [2.75, 3.05) is 26.9 Å². The zero-order valence-electron chi connectivity index (χ0n) is 7.56. The minimum Gasteiger partial charge on any atom is -0.394 e. The molecule has 0 saturated heterocycles. The molecule has 4 nitrogen and oxygen atoms in total. The minimum atomic E-state index is -0.0114. The van der Waals surface area contributed by atoms with Crippen LogP contribution in [0.1, 0.15) is 10.9 Å². The van der Waals surface area contributed by atoms with Crippen LogP contribution in [0.5, 0.6) is 0 Å². The summed E-state index contributed by atoms with van der Waals surface area (Å²) in [4.78, 5) is 5.01. The molecule has 5 heteroatoms. The quantitative estimate of drug-likeness (QED) is 0.656. The molecule has 1 unspecified atom stereocenters. The van der Waals surface area contributed by atoms with Gasteiger partial charge in [0, 0.05) is 24.7 Å². The van der Waals surface area contributed by atoms with Crippen LogP contribution >= 0.6 is 11.3 Å². The Balaban J connectivity index is 2.35. The molecule has 0 amide bonds. The van der Waals surface area contributed by atoms with Crippen LogP contribution < -0.4 is 5.32 Å². The maximum atomic E-state index is 9.07. The summed E-state index contributed by atoms with van der Waals surface area (Å²) in [5, 5.41) is 12.2. The predicted molar refractivity (Wildman–Crippen MR) is 51.8 cm³/mol. The Morgan fingerprint density at radius 3 is 3.15 bits per heavy atom. The molecule has 1 aromatic rings. The van der Waals surface area contributed by atoms with E-state index in [1.165, 1.54) is 11.3 Å². The number of methoxy groups -OCH3 is 1. The molecule has 0 saturated carbocycles. The van der Waals surface area contributed by atoms with Crippen LogP contribution in [0.3, 0.4) is 0 Å². The van der Waals surface area contributed by atoms with Gasteiger partial charge in [0.05, 0.1) is 24.8 Å². The lowest BCUT2D eigenvalue weighted by Gasteiger charge is -2.13. The van der Waals surface area contributed by atoms with E-state index < -0.39 is 0 Å². The molecule has 0 aliphatic rings. The number of rotatable bonds is 6. The molecule has 74 valence electrons. The first kappa shape index (κ1) is 10.6. The second kappa shape index (κ2) is 6.04. The van der Waals surface area contributed by atoms with E-state index in [1.54, 1.807) is 18.8 Å². The number of ether oxygens (including phenoxy) is 1. The van der Waals surface area contributed by atoms with Gasteiger partial charge >= 0.3 is 0 Å². The molecule has 1 rings (SSSR count). The number of aliphatic hydroxyl groups is 1. The topological polar surface area (TPSA) is 54.4 Å². The molecule has 0 radical (unpaired) electrons. The van der Waals surface area contributed by atoms with Crippen LogP contribution in [-0.4, -0.2) is 37.0 Å². The summed E-state index contributed by atoms with van der Waals surface area (Å²) >= 11 is 1.54. The maximum Gasteiger partial charge on any atom is 0.0794 e. The molecule has 0 aromatic carbocycles. The van der Waals surface area contributed by atoms with Gasteiger partial charge in [0.25, 0.3) is 0 Å². The van der Waals surface area contributed by atoms with Crippen molar-refractivity contribution >= 4 is 11.3 Å². The third kappa shape index (κ3) is 3.40. The number of nitrogens with one attached hydrogen (secondary N) is 1. The molecule has 0 aliphatic heterocycles. The number of thiazole rings is 1. The van der Waals surface area contributed by atoms with Gasteiger partial charge < -0.3 is 15.2 Å². The lowest BCUT2D eigenvalue weighted by Crippen LogP contribution is -2.26. The summed E-state index contributed by atoms with van der Waals surface area (Å²) in [5.41, 5.74) is 1.76. The highest BCUT2D eigenvalue weighted by Gasteiger charge is 2.10. The van der Waals surface area contributed by atoms with Crippen molar-refractivity contribution in [2.24, 2.45) is 0 Å². The van der Waals surface area contributed by atoms with Crippen molar-refractivity contribution in [3.8, 4) is 0 Å². The van der Waals surface area contributed by atoms with Crippen molar-refractivity contribution in [3.63, 3.8) is 0 Å². The van der Waals surface area contributed by atoms with E-state index in [4.69, 9.17) is 9.84 Å². The first-order valence-electron chi connectivity index (χ1n) is 4.10. The summed E-state index contributed by atoms with van der Waals surface area (Å²) in [6.45, 7) is 1.47. The van der Waals surface area contributed by atoms with Crippen LogP contribution in [0.25, 0.3) is 0 Å². The highest BCUT2D eigenvalue weighted by molar-refractivity contribution is 7.09. The second-order valence-electron chi connectivity index (χ2n) is 2.59. The van der Waals surface area contributed by atoms with Gasteiger partial charge in [-0.25, -0.2) is 0 Å². The SMILES string of the molecule is COCCNC(CO)c1cncs1. The highest BCUT2D eigenvalue weighted by Crippen LogP contribution is 2.15. The minimum absolute atomic E-state index is 0.0114. The molecule has 0 fully saturated rings. The zero-order valence-corrected chi connectivity index (χ0v) is 8.38. The summed E-state index contributed by atoms with van der Waals surface area (Å²) in [6, 6.07) is -0.0114. The molecule has 2 N–H and O–H groups in total. The van der Waals surface area contributed by atoms with Crippen molar-refractivity contribution < 1.29 is 9.84 Å². The van der Waals surface area contributed by atoms with Crippen molar-refractivity contribution in [2.45, 2.75) is 6.04 Å². The zero-order chi connectivity index (χ0) is 9.52. The average molecular weight is 202 g/mol. The number of hydrogen-bond donors (Lipinski definition) is 2. The Bertz CT molecular complexity index is 216. The Labute approximate surface area is 81.6 Å². The largest absolute Gasteiger partial charge is 0.394 e. The fourth-order valence-electron chi connectivity index (χ4n) is 0.988. The fraction of sp³-hybridized carbons (Fsp3) is 0.625. The molecule has 13 heavy (non-hydrogen) atoms. The summed E-state index contributed by atoms with van der Waals surface area (Å²) in [7, 11) is 1.66. The van der Waals surface area contributed by atoms with Gasteiger partial charge in [-0.05, 0) is 0 Å². The second-order valence-corrected chi connectivity index (χ2v) is 3.50. The number of hydrogen-bond acceptors (Lipinski definition) is 5. The van der Waals surface area contributed by atoms with E-state index in [9.17, 15) is 0 Å². The molecule has 0 spiro atoms. The van der Waals surface area contributed by atoms with E-state index in [0.717, 1.165) is 11.4 Å². The average Bonchev–Trinajstić information content (AvgIpc) is 2.65. The maximum absolute atomic E-state index is 9.07. The molecule has 1 heterocycles. The van der Waals surface area contributed by atoms with E-state index >= 15 is 0 Å². The van der Waals surface area contributed by atoms with Gasteiger partial charge in [-0.1, -0.05) is 0 Å². The van der Waals surface area contributed by atoms with E-state index in [1.807, 2.05) is 0 Å². The summed E-state index contributed by atoms with van der Waals surface area (Å²) in [6.07, 6.45) is 1.77. The van der Waals surface area contributed by atoms with E-state index in [2.05, 4.69) is 10.3 Å². The smallest absolute Gasteiger partial charge is 0.0794 e. The first-order chi connectivity index (χ1) is 6.38. The Morgan fingerprint density at radius 2 is 2.62 bits per heavy atom. The summed E-state index contributed by atoms with van der Waals surface area (Å²) < 4.78 is 4.90. The lowest BCUT2D eigenvalue weighted by atomic mass is 10.3. The summed E-state index contributed by atoms with van der Waals surface area (Å²) in [5.74, 6) is 0. The molecular formula is C8H14N2O2S. The Hall–Kier alpha value is -0.490. The highest BCUT2D eigenvalue weighted by atomic mass is 32.1. The van der Waals surface area contributed by atoms with Gasteiger partial charge in [0.15, 0.2) is 0 Å². The van der Waals surface area contributed by atoms with Crippen LogP contribution in [0.4, 0.5) is 0 Å². The molecule has 1 atom stereocenters. The van der Waals surface area contributed by atoms with Gasteiger partial charge in [-0.3, -0.25) is 4.98 Å². The third-order valence-electron chi connectivity index (χ3n) is 1.67. The standard InChI is InChI=1S/C8H14N2O2S/c1-12-3-2-10-7(5-11)8-4-9-6-13-8/h4,6-7,10-11H,2-3,5H2,1H3. The van der Waals surface area contributed by atoms with Crippen molar-refractivity contribution in [3.05, 3.63) is 16.6 Å². The van der Waals surface area contributed by atoms with Crippen LogP contribution in [0, 0.1) is 0 Å². The normalized spacial score (nSPS) is 13.1. The van der Waals surface area contributed by atoms with Crippen LogP contribution in [0.2, 0.25) is 0 Å². The molecule has 0 aliphatic carbocycles. The van der Waals surface area contributed by atoms with Crippen molar-refractivity contribution in [1.82, 2.24) is 10.3 Å². The molecule has 0 bridgehead atoms. The van der Waals surface area contributed by atoms with Crippen LogP contribution in [-0.2, 0) is 4.74 Å². The van der Waals surface area contributed by atoms with Gasteiger partial charge in [0.1, 0.15) is 0 Å². The first-order valence-corrected chi connectivity index (χ1v) is 4.98. The van der Waals surface area contributed by atoms with Gasteiger partial charge in [0.2, 0.25) is 0 Å². The van der Waals surface area contributed by atoms with Crippen molar-refractivity contribution in [1.29, 1.82) is 0 Å². The number of aromatic nitrogens is 1. The Kier molecular flexibility index (Phi) is 4.92. The van der Waals surface area contributed by atoms with E-state index in [-0.39, 0.29) is 12.6 Å². The fourth-order valence-corrected chi connectivity index (χ4v) is 1.68. The Morgan fingerprint density at radius 1 is 1.77 bits per heavy atom. The molecule has 1 aromatic heterocycles. The predicted octanol–water partition coefficient (Wildman–Crippen LogP) is 0.412. The third-order valence-corrected chi connectivity index (χ3v) is 2.56. The van der Waals surface area contributed by atoms with Gasteiger partial charge in [-0.15, -0.1) is 11.3 Å². The molecular weight excluding hydrogens is 188 g/mol. The number of nitrogens with zero attached hydrogens (tertiary/aromatic N) is 1. The lowest BCUT2D eigenvalue weighted by molar-refractivity contribution is 0.184. The van der Waals surface area contributed by atoms with Crippen LogP contribution in [0.15, 0.2) is 11.7 Å². The van der Waals surface area contributed by atoms with Gasteiger partial charge in [-0.2, -0.15) is 0 Å². The number of aliphatic hydroxyl groups excluding tert-OH is 1. The monoisotopic (exact) mass is 202 g/mol. The van der Waals surface area contributed by atoms with E-state index in [0.29, 0.717) is 6.61 Å².